The molecule has 1 unspecified atom stereocenters. The molecule has 33 heavy (non-hydrogen) atoms. The average Bonchev–Trinajstić information content (AvgIpc) is 3.77. The minimum atomic E-state index is -0.803. The van der Waals surface area contributed by atoms with Crippen LogP contribution in [0.1, 0.15) is 21.0 Å². The van der Waals surface area contributed by atoms with E-state index >= 15 is 0 Å². The molecular weight excluding hydrogens is 434 g/mol. The number of rotatable bonds is 10. The van der Waals surface area contributed by atoms with Gasteiger partial charge in [0.15, 0.2) is 5.69 Å². The minimum Gasteiger partial charge on any atom is -0.491 e. The van der Waals surface area contributed by atoms with Gasteiger partial charge < -0.3 is 32.9 Å². The average molecular weight is 453 g/mol. The van der Waals surface area contributed by atoms with E-state index in [0.29, 0.717) is 37.9 Å². The lowest BCUT2D eigenvalue weighted by Gasteiger charge is -2.06. The fraction of sp³-hybridized carbons (Fsp3) is 0.261. The molecular formula is C23H19NO9. The van der Waals surface area contributed by atoms with Gasteiger partial charge in [-0.15, -0.1) is 0 Å². The molecule has 2 aliphatic heterocycles. The lowest BCUT2D eigenvalue weighted by Crippen LogP contribution is -2.10. The third kappa shape index (κ3) is 5.88. The fourth-order valence-electron chi connectivity index (χ4n) is 2.70. The van der Waals surface area contributed by atoms with Crippen LogP contribution in [0.2, 0.25) is 0 Å². The van der Waals surface area contributed by atoms with E-state index in [0.717, 1.165) is 6.07 Å². The largest absolute Gasteiger partial charge is 0.491 e. The molecule has 170 valence electrons. The normalized spacial score (nSPS) is 18.3. The van der Waals surface area contributed by atoms with Crippen LogP contribution in [-0.4, -0.2) is 55.7 Å². The highest BCUT2D eigenvalue weighted by Crippen LogP contribution is 2.22. The van der Waals surface area contributed by atoms with Gasteiger partial charge in [0.2, 0.25) is 5.76 Å². The molecule has 0 bridgehead atoms. The summed E-state index contributed by atoms with van der Waals surface area (Å²) in [6, 6.07) is 14.2. The van der Waals surface area contributed by atoms with E-state index in [1.807, 2.05) is 0 Å². The smallest absolute Gasteiger partial charge is 0.382 e. The maximum Gasteiger partial charge on any atom is 0.382 e. The molecule has 0 saturated carbocycles. The van der Waals surface area contributed by atoms with Crippen molar-refractivity contribution in [2.75, 3.05) is 26.4 Å². The molecule has 0 radical (unpaired) electrons. The van der Waals surface area contributed by atoms with Crippen LogP contribution >= 0.6 is 0 Å². The van der Waals surface area contributed by atoms with Crippen molar-refractivity contribution in [3.8, 4) is 23.0 Å². The summed E-state index contributed by atoms with van der Waals surface area (Å²) in [7, 11) is 0. The van der Waals surface area contributed by atoms with Crippen LogP contribution in [-0.2, 0) is 9.47 Å². The zero-order valence-electron chi connectivity index (χ0n) is 17.3. The molecule has 10 nitrogen and oxygen atoms in total. The predicted octanol–water partition coefficient (Wildman–Crippen LogP) is 2.67. The van der Waals surface area contributed by atoms with Gasteiger partial charge in [0.05, 0.1) is 13.2 Å². The first kappa shape index (κ1) is 21.0. The topological polar surface area (TPSA) is 122 Å². The molecule has 2 fully saturated rings. The first-order chi connectivity index (χ1) is 16.1. The first-order valence-electron chi connectivity index (χ1n) is 10.2. The second-order valence-electron chi connectivity index (χ2n) is 7.33. The fourth-order valence-corrected chi connectivity index (χ4v) is 2.70. The van der Waals surface area contributed by atoms with Crippen LogP contribution in [0.5, 0.6) is 23.0 Å². The molecule has 0 aliphatic carbocycles. The highest BCUT2D eigenvalue weighted by molar-refractivity contribution is 5.93. The van der Waals surface area contributed by atoms with Gasteiger partial charge in [-0.05, 0) is 48.5 Å². The van der Waals surface area contributed by atoms with Crippen molar-refractivity contribution in [1.29, 1.82) is 0 Å². The molecule has 3 aromatic rings. The molecule has 2 aromatic carbocycles. The number of carbonyl (C=O) groups excluding carboxylic acids is 2. The van der Waals surface area contributed by atoms with Crippen molar-refractivity contribution in [2.45, 2.75) is 12.2 Å². The summed E-state index contributed by atoms with van der Waals surface area (Å²) in [6.45, 7) is 2.37. The van der Waals surface area contributed by atoms with Crippen LogP contribution in [0, 0.1) is 0 Å². The van der Waals surface area contributed by atoms with Crippen molar-refractivity contribution in [1.82, 2.24) is 5.16 Å². The number of aromatic nitrogens is 1. The maximum atomic E-state index is 12.3. The molecule has 1 aromatic heterocycles. The summed E-state index contributed by atoms with van der Waals surface area (Å²) in [5, 5.41) is 3.59. The predicted molar refractivity (Wildman–Crippen MR) is 110 cm³/mol. The van der Waals surface area contributed by atoms with Crippen molar-refractivity contribution < 1.29 is 42.5 Å². The van der Waals surface area contributed by atoms with Crippen LogP contribution in [0.25, 0.3) is 0 Å². The van der Waals surface area contributed by atoms with E-state index in [1.54, 1.807) is 48.5 Å². The summed E-state index contributed by atoms with van der Waals surface area (Å²) in [6.07, 6.45) is 0.298. The van der Waals surface area contributed by atoms with Crippen LogP contribution in [0.3, 0.4) is 0 Å². The Morgan fingerprint density at radius 2 is 1.21 bits per heavy atom. The summed E-state index contributed by atoms with van der Waals surface area (Å²) in [4.78, 5) is 24.6. The van der Waals surface area contributed by atoms with Gasteiger partial charge in [-0.25, -0.2) is 9.59 Å². The Morgan fingerprint density at radius 1 is 0.758 bits per heavy atom. The van der Waals surface area contributed by atoms with Crippen molar-refractivity contribution in [3.05, 3.63) is 66.1 Å². The molecule has 2 saturated heterocycles. The quantitative estimate of drug-likeness (QED) is 0.257. The van der Waals surface area contributed by atoms with Gasteiger partial charge in [-0.1, -0.05) is 5.16 Å². The van der Waals surface area contributed by atoms with Crippen molar-refractivity contribution in [2.24, 2.45) is 0 Å². The summed E-state index contributed by atoms with van der Waals surface area (Å²) in [5.74, 6) is 0.0181. The molecule has 2 aliphatic rings. The Bertz CT molecular complexity index is 1030. The maximum absolute atomic E-state index is 12.3. The third-order valence-corrected chi connectivity index (χ3v) is 4.67. The minimum absolute atomic E-state index is 0.149. The Labute approximate surface area is 187 Å². The zero-order valence-corrected chi connectivity index (χ0v) is 17.3. The third-order valence-electron chi connectivity index (χ3n) is 4.67. The molecule has 3 heterocycles. The van der Waals surface area contributed by atoms with Gasteiger partial charge in [0.25, 0.3) is 0 Å². The van der Waals surface area contributed by atoms with Gasteiger partial charge in [0, 0.05) is 6.07 Å². The van der Waals surface area contributed by atoms with Crippen LogP contribution < -0.4 is 18.9 Å². The highest BCUT2D eigenvalue weighted by Gasteiger charge is 2.24. The second kappa shape index (κ2) is 9.31. The van der Waals surface area contributed by atoms with Crippen molar-refractivity contribution >= 4 is 11.9 Å². The Morgan fingerprint density at radius 3 is 1.70 bits per heavy atom. The van der Waals surface area contributed by atoms with E-state index in [2.05, 4.69) is 5.16 Å². The first-order valence-corrected chi connectivity index (χ1v) is 10.2. The highest BCUT2D eigenvalue weighted by atomic mass is 16.6. The molecule has 10 heteroatoms. The number of carbonyl (C=O) groups is 2. The molecule has 0 amide bonds. The Hall–Kier alpha value is -3.89. The molecule has 0 spiro atoms. The second-order valence-corrected chi connectivity index (χ2v) is 7.33. The number of nitrogens with zero attached hydrogens (tertiary/aromatic N) is 1. The zero-order chi connectivity index (χ0) is 22.6. The van der Waals surface area contributed by atoms with E-state index in [9.17, 15) is 9.59 Å². The summed E-state index contributed by atoms with van der Waals surface area (Å²) >= 11 is 0. The van der Waals surface area contributed by atoms with Gasteiger partial charge in [-0.2, -0.15) is 0 Å². The summed E-state index contributed by atoms with van der Waals surface area (Å²) in [5.41, 5.74) is -0.167. The van der Waals surface area contributed by atoms with E-state index in [-0.39, 0.29) is 35.2 Å². The summed E-state index contributed by atoms with van der Waals surface area (Å²) < 4.78 is 36.6. The van der Waals surface area contributed by atoms with Crippen LogP contribution in [0.4, 0.5) is 0 Å². The lowest BCUT2D eigenvalue weighted by atomic mass is 10.3. The molecule has 2 atom stereocenters. The van der Waals surface area contributed by atoms with E-state index in [1.165, 1.54) is 0 Å². The van der Waals surface area contributed by atoms with Gasteiger partial charge in [0.1, 0.15) is 48.4 Å². The van der Waals surface area contributed by atoms with E-state index in [4.69, 9.17) is 32.9 Å². The number of benzene rings is 2. The van der Waals surface area contributed by atoms with E-state index < -0.39 is 11.9 Å². The van der Waals surface area contributed by atoms with Crippen LogP contribution in [0.15, 0.2) is 59.1 Å². The molecule has 0 N–H and O–H groups in total. The van der Waals surface area contributed by atoms with Gasteiger partial charge >= 0.3 is 11.9 Å². The number of esters is 2. The Balaban J connectivity index is 1.12. The number of epoxide rings is 2. The number of hydrogen-bond donors (Lipinski definition) is 0. The number of ether oxygens (including phenoxy) is 6. The SMILES string of the molecule is O=C(Oc1ccc(OC[C@H]2CO2)cc1)c1cc(C(=O)Oc2ccc(OCC3CO3)cc2)on1. The standard InChI is InChI=1S/C23H19NO9/c25-22(31-16-5-1-14(2-6-16)27-10-18-12-29-18)20-9-21(33-24-20)23(26)32-17-7-3-15(4-8-17)28-11-19-13-30-19/h1-9,18-19H,10-13H2/t18-,19?/m0/s1. The Kier molecular flexibility index (Phi) is 5.92. The number of hydrogen-bond acceptors (Lipinski definition) is 10. The lowest BCUT2D eigenvalue weighted by molar-refractivity contribution is 0.0682. The van der Waals surface area contributed by atoms with Gasteiger partial charge in [-0.3, -0.25) is 0 Å². The molecule has 5 rings (SSSR count). The monoisotopic (exact) mass is 453 g/mol. The van der Waals surface area contributed by atoms with Crippen molar-refractivity contribution in [3.63, 3.8) is 0 Å².